The van der Waals surface area contributed by atoms with Crippen molar-refractivity contribution in [3.8, 4) is 11.8 Å². The van der Waals surface area contributed by atoms with Gasteiger partial charge in [0.2, 0.25) is 0 Å². The molecule has 0 aromatic carbocycles. The van der Waals surface area contributed by atoms with Crippen molar-refractivity contribution >= 4 is 0 Å². The average Bonchev–Trinajstić information content (AvgIpc) is 2.28. The van der Waals surface area contributed by atoms with Crippen LogP contribution in [0.2, 0.25) is 0 Å². The third-order valence-electron chi connectivity index (χ3n) is 3.39. The first-order valence-corrected chi connectivity index (χ1v) is 6.63. The van der Waals surface area contributed by atoms with Crippen molar-refractivity contribution in [2.75, 3.05) is 0 Å². The highest BCUT2D eigenvalue weighted by Gasteiger charge is 2.10. The van der Waals surface area contributed by atoms with E-state index >= 15 is 0 Å². The van der Waals surface area contributed by atoms with E-state index in [1.54, 1.807) is 5.57 Å². The van der Waals surface area contributed by atoms with Gasteiger partial charge in [0.05, 0.1) is 0 Å². The lowest BCUT2D eigenvalue weighted by molar-refractivity contribution is 0.571. The van der Waals surface area contributed by atoms with E-state index in [0.29, 0.717) is 5.92 Å². The summed E-state index contributed by atoms with van der Waals surface area (Å²) in [6.07, 6.45) is 11.9. The maximum atomic E-state index is 3.25. The quantitative estimate of drug-likeness (QED) is 0.464. The summed E-state index contributed by atoms with van der Waals surface area (Å²) in [6, 6.07) is 0. The summed E-state index contributed by atoms with van der Waals surface area (Å²) < 4.78 is 0. The van der Waals surface area contributed by atoms with E-state index < -0.39 is 0 Å². The highest BCUT2D eigenvalue weighted by Crippen LogP contribution is 2.25. The van der Waals surface area contributed by atoms with Crippen molar-refractivity contribution in [3.63, 3.8) is 0 Å². The van der Waals surface area contributed by atoms with Gasteiger partial charge in [0.1, 0.15) is 0 Å². The summed E-state index contributed by atoms with van der Waals surface area (Å²) in [5.41, 5.74) is 2.87. The van der Waals surface area contributed by atoms with Gasteiger partial charge in [0.25, 0.3) is 0 Å². The lowest BCUT2D eigenvalue weighted by Crippen LogP contribution is -2.02. The van der Waals surface area contributed by atoms with Gasteiger partial charge in [0, 0.05) is 0 Å². The van der Waals surface area contributed by atoms with E-state index in [-0.39, 0.29) is 0 Å². The number of rotatable bonds is 4. The molecule has 0 aliphatic heterocycles. The van der Waals surface area contributed by atoms with E-state index in [0.717, 1.165) is 6.42 Å². The van der Waals surface area contributed by atoms with Crippen LogP contribution in [0.5, 0.6) is 0 Å². The van der Waals surface area contributed by atoms with Crippen molar-refractivity contribution in [1.29, 1.82) is 0 Å². The molecule has 0 bridgehead atoms. The first kappa shape index (κ1) is 13.1. The Morgan fingerprint density at radius 3 is 2.94 bits per heavy atom. The second-order valence-electron chi connectivity index (χ2n) is 4.70. The predicted molar refractivity (Wildman–Crippen MR) is 72.2 cm³/mol. The summed E-state index contributed by atoms with van der Waals surface area (Å²) in [5, 5.41) is 0. The van der Waals surface area contributed by atoms with Crippen molar-refractivity contribution in [2.24, 2.45) is 5.92 Å². The molecule has 0 fully saturated rings. The fraction of sp³-hybridized carbons (Fsp3) is 0.625. The maximum Gasteiger partial charge on any atom is -0.00186 e. The molecule has 0 saturated carbocycles. The van der Waals surface area contributed by atoms with Crippen LogP contribution in [-0.4, -0.2) is 0 Å². The second-order valence-corrected chi connectivity index (χ2v) is 4.70. The van der Waals surface area contributed by atoms with Crippen LogP contribution in [0.3, 0.4) is 0 Å². The molecule has 0 heteroatoms. The minimum absolute atomic E-state index is 0.710. The van der Waals surface area contributed by atoms with Crippen molar-refractivity contribution in [3.05, 3.63) is 23.3 Å². The van der Waals surface area contributed by atoms with Crippen molar-refractivity contribution in [2.45, 2.75) is 59.3 Å². The molecule has 16 heavy (non-hydrogen) atoms. The Kier molecular flexibility index (Phi) is 6.01. The molecule has 88 valence electrons. The fourth-order valence-electron chi connectivity index (χ4n) is 2.10. The minimum atomic E-state index is 0.710. The SMILES string of the molecule is CC=C1C#CC=C(CCCCC)C(C)CC1. The van der Waals surface area contributed by atoms with Crippen LogP contribution in [0.4, 0.5) is 0 Å². The third kappa shape index (κ3) is 4.27. The topological polar surface area (TPSA) is 0 Å². The van der Waals surface area contributed by atoms with Crippen LogP contribution in [-0.2, 0) is 0 Å². The van der Waals surface area contributed by atoms with Gasteiger partial charge >= 0.3 is 0 Å². The summed E-state index contributed by atoms with van der Waals surface area (Å²) in [6.45, 7) is 6.69. The molecule has 0 nitrogen and oxygen atoms in total. The molecular weight excluding hydrogens is 192 g/mol. The Balaban J connectivity index is 2.64. The molecule has 0 heterocycles. The molecule has 0 amide bonds. The van der Waals surface area contributed by atoms with Gasteiger partial charge in [-0.3, -0.25) is 0 Å². The van der Waals surface area contributed by atoms with Crippen LogP contribution >= 0.6 is 0 Å². The van der Waals surface area contributed by atoms with Gasteiger partial charge in [-0.15, -0.1) is 0 Å². The predicted octanol–water partition coefficient (Wildman–Crippen LogP) is 4.87. The van der Waals surface area contributed by atoms with Gasteiger partial charge in [-0.1, -0.05) is 50.2 Å². The third-order valence-corrected chi connectivity index (χ3v) is 3.39. The lowest BCUT2D eigenvalue weighted by Gasteiger charge is -2.16. The molecule has 0 spiro atoms. The van der Waals surface area contributed by atoms with E-state index in [9.17, 15) is 0 Å². The number of allylic oxidation sites excluding steroid dienone is 4. The first-order valence-electron chi connectivity index (χ1n) is 6.63. The standard InChI is InChI=1S/C16H24/c1-4-6-7-10-16-11-8-9-15(5-2)13-12-14(16)3/h5,11,14H,4,6-7,10,12-13H2,1-3H3. The van der Waals surface area contributed by atoms with Crippen LogP contribution in [0, 0.1) is 17.8 Å². The van der Waals surface area contributed by atoms with E-state index in [1.807, 2.05) is 0 Å². The summed E-state index contributed by atoms with van der Waals surface area (Å²) >= 11 is 0. The van der Waals surface area contributed by atoms with Crippen LogP contribution in [0.25, 0.3) is 0 Å². The fourth-order valence-corrected chi connectivity index (χ4v) is 2.10. The minimum Gasteiger partial charge on any atom is -0.0760 e. The molecule has 1 rings (SSSR count). The molecule has 1 unspecified atom stereocenters. The van der Waals surface area contributed by atoms with Crippen LogP contribution in [0.15, 0.2) is 23.3 Å². The lowest BCUT2D eigenvalue weighted by atomic mass is 9.89. The molecule has 0 N–H and O–H groups in total. The Bertz CT molecular complexity index is 320. The van der Waals surface area contributed by atoms with Crippen LogP contribution < -0.4 is 0 Å². The van der Waals surface area contributed by atoms with Crippen molar-refractivity contribution in [1.82, 2.24) is 0 Å². The normalized spacial score (nSPS) is 23.1. The zero-order valence-electron chi connectivity index (χ0n) is 11.0. The Morgan fingerprint density at radius 1 is 1.44 bits per heavy atom. The molecule has 1 aliphatic rings. The summed E-state index contributed by atoms with van der Waals surface area (Å²) in [7, 11) is 0. The van der Waals surface area contributed by atoms with E-state index in [4.69, 9.17) is 0 Å². The molecule has 0 aromatic rings. The van der Waals surface area contributed by atoms with Gasteiger partial charge in [-0.25, -0.2) is 0 Å². The Labute approximate surface area is 101 Å². The maximum absolute atomic E-state index is 3.25. The van der Waals surface area contributed by atoms with Gasteiger partial charge in [-0.05, 0) is 50.2 Å². The molecule has 1 aliphatic carbocycles. The highest BCUT2D eigenvalue weighted by molar-refractivity contribution is 5.35. The van der Waals surface area contributed by atoms with Crippen molar-refractivity contribution < 1.29 is 0 Å². The molecule has 0 radical (unpaired) electrons. The van der Waals surface area contributed by atoms with Gasteiger partial charge in [-0.2, -0.15) is 0 Å². The monoisotopic (exact) mass is 216 g/mol. The molecule has 1 atom stereocenters. The van der Waals surface area contributed by atoms with E-state index in [1.165, 1.54) is 37.7 Å². The number of hydrogen-bond acceptors (Lipinski definition) is 0. The summed E-state index contributed by atoms with van der Waals surface area (Å²) in [4.78, 5) is 0. The smallest absolute Gasteiger partial charge is 0.00186 e. The summed E-state index contributed by atoms with van der Waals surface area (Å²) in [5.74, 6) is 7.17. The first-order chi connectivity index (χ1) is 7.77. The number of unbranched alkanes of at least 4 members (excludes halogenated alkanes) is 2. The zero-order chi connectivity index (χ0) is 11.8. The zero-order valence-corrected chi connectivity index (χ0v) is 11.0. The van der Waals surface area contributed by atoms with Gasteiger partial charge in [0.15, 0.2) is 0 Å². The van der Waals surface area contributed by atoms with E-state index in [2.05, 4.69) is 44.8 Å². The Morgan fingerprint density at radius 2 is 2.25 bits per heavy atom. The average molecular weight is 216 g/mol. The van der Waals surface area contributed by atoms with Crippen LogP contribution in [0.1, 0.15) is 59.3 Å². The highest BCUT2D eigenvalue weighted by atomic mass is 14.1. The molecular formula is C16H24. The molecule has 0 saturated heterocycles. The molecule has 0 aromatic heterocycles. The Hall–Kier alpha value is -0.960. The largest absolute Gasteiger partial charge is 0.0760 e. The number of hydrogen-bond donors (Lipinski definition) is 0. The van der Waals surface area contributed by atoms with Gasteiger partial charge < -0.3 is 0 Å². The second kappa shape index (κ2) is 7.34.